The Bertz CT molecular complexity index is 1350. The first kappa shape index (κ1) is 30.0. The summed E-state index contributed by atoms with van der Waals surface area (Å²) in [5, 5.41) is 3.19. The molecule has 2 amide bonds. The maximum atomic E-state index is 13.7. The fourth-order valence-corrected chi connectivity index (χ4v) is 5.39. The Morgan fingerprint density at radius 1 is 0.974 bits per heavy atom. The van der Waals surface area contributed by atoms with Crippen molar-refractivity contribution < 1.29 is 22.7 Å². The van der Waals surface area contributed by atoms with E-state index in [4.69, 9.17) is 16.3 Å². The van der Waals surface area contributed by atoms with Crippen molar-refractivity contribution >= 4 is 39.1 Å². The van der Waals surface area contributed by atoms with Crippen LogP contribution in [0.3, 0.4) is 0 Å². The molecule has 0 aromatic heterocycles. The molecule has 0 saturated heterocycles. The molecule has 1 atom stereocenters. The maximum absolute atomic E-state index is 13.7. The quantitative estimate of drug-likeness (QED) is 0.330. The summed E-state index contributed by atoms with van der Waals surface area (Å²) < 4.78 is 31.6. The number of ether oxygens (including phenoxy) is 1. The number of likely N-dealkylation sites (N-methyl/N-ethyl adjacent to an activating group) is 1. The number of carbonyl (C=O) groups is 2. The Labute approximate surface area is 235 Å². The van der Waals surface area contributed by atoms with Gasteiger partial charge in [0, 0.05) is 38.0 Å². The zero-order chi connectivity index (χ0) is 28.4. The molecule has 0 aliphatic carbocycles. The summed E-state index contributed by atoms with van der Waals surface area (Å²) in [6.45, 7) is 0.288. The summed E-state index contributed by atoms with van der Waals surface area (Å²) in [4.78, 5) is 28.3. The van der Waals surface area contributed by atoms with Gasteiger partial charge in [-0.3, -0.25) is 13.9 Å². The van der Waals surface area contributed by atoms with Crippen molar-refractivity contribution in [1.29, 1.82) is 0 Å². The zero-order valence-electron chi connectivity index (χ0n) is 22.3. The van der Waals surface area contributed by atoms with Gasteiger partial charge in [0.2, 0.25) is 21.8 Å². The van der Waals surface area contributed by atoms with Crippen molar-refractivity contribution in [2.24, 2.45) is 0 Å². The molecule has 0 spiro atoms. The normalized spacial score (nSPS) is 11.9. The second-order valence-electron chi connectivity index (χ2n) is 9.11. The van der Waals surface area contributed by atoms with Crippen LogP contribution in [0.1, 0.15) is 24.0 Å². The van der Waals surface area contributed by atoms with Gasteiger partial charge in [-0.15, -0.1) is 0 Å². The third kappa shape index (κ3) is 8.73. The molecule has 0 heterocycles. The molecule has 0 saturated carbocycles. The number of nitrogens with one attached hydrogen (secondary N) is 1. The van der Waals surface area contributed by atoms with Gasteiger partial charge >= 0.3 is 0 Å². The van der Waals surface area contributed by atoms with E-state index >= 15 is 0 Å². The van der Waals surface area contributed by atoms with Crippen LogP contribution in [0.15, 0.2) is 78.9 Å². The lowest BCUT2D eigenvalue weighted by molar-refractivity contribution is -0.141. The van der Waals surface area contributed by atoms with Gasteiger partial charge in [-0.2, -0.15) is 0 Å². The number of amides is 2. The monoisotopic (exact) mass is 571 g/mol. The minimum atomic E-state index is -3.59. The van der Waals surface area contributed by atoms with E-state index in [0.29, 0.717) is 22.9 Å². The molecule has 0 radical (unpaired) electrons. The van der Waals surface area contributed by atoms with Gasteiger partial charge in [-0.1, -0.05) is 54.1 Å². The number of hydrogen-bond acceptors (Lipinski definition) is 5. The Kier molecular flexibility index (Phi) is 10.8. The number of sulfonamides is 1. The molecule has 208 valence electrons. The lowest BCUT2D eigenvalue weighted by atomic mass is 10.0. The fourth-order valence-electron chi connectivity index (χ4n) is 4.30. The van der Waals surface area contributed by atoms with Crippen LogP contribution in [-0.2, 0) is 32.6 Å². The minimum absolute atomic E-state index is 0.0475. The number of benzene rings is 3. The van der Waals surface area contributed by atoms with Gasteiger partial charge in [-0.05, 0) is 53.9 Å². The third-order valence-corrected chi connectivity index (χ3v) is 7.72. The number of hydrogen-bond donors (Lipinski definition) is 1. The largest absolute Gasteiger partial charge is 0.497 e. The average molecular weight is 572 g/mol. The van der Waals surface area contributed by atoms with Gasteiger partial charge < -0.3 is 15.0 Å². The van der Waals surface area contributed by atoms with E-state index in [0.717, 1.165) is 17.4 Å². The number of rotatable bonds is 13. The van der Waals surface area contributed by atoms with Gasteiger partial charge in [0.15, 0.2) is 0 Å². The summed E-state index contributed by atoms with van der Waals surface area (Å²) in [7, 11) is -0.478. The predicted molar refractivity (Wildman–Crippen MR) is 154 cm³/mol. The SMILES string of the molecule is CNC(=O)C(Cc1ccccc1)N(Cc1cccc(OC)c1)C(=O)CCCN(c1ccc(Cl)cc1)S(C)(=O)=O. The van der Waals surface area contributed by atoms with E-state index < -0.39 is 16.1 Å². The second kappa shape index (κ2) is 14.0. The van der Waals surface area contributed by atoms with Crippen LogP contribution in [-0.4, -0.2) is 58.1 Å². The van der Waals surface area contributed by atoms with Gasteiger partial charge in [0.1, 0.15) is 11.8 Å². The summed E-state index contributed by atoms with van der Waals surface area (Å²) in [5.74, 6) is 0.104. The lowest BCUT2D eigenvalue weighted by Gasteiger charge is -2.31. The Hall–Kier alpha value is -3.56. The molecule has 1 N–H and O–H groups in total. The topological polar surface area (TPSA) is 96.0 Å². The molecule has 8 nitrogen and oxygen atoms in total. The molecule has 1 unspecified atom stereocenters. The summed E-state index contributed by atoms with van der Waals surface area (Å²) in [5.41, 5.74) is 2.19. The highest BCUT2D eigenvalue weighted by Gasteiger charge is 2.30. The summed E-state index contributed by atoms with van der Waals surface area (Å²) in [6, 6.07) is 22.6. The molecule has 39 heavy (non-hydrogen) atoms. The molecule has 10 heteroatoms. The molecule has 0 aliphatic heterocycles. The number of methoxy groups -OCH3 is 1. The predicted octanol–water partition coefficient (Wildman–Crippen LogP) is 4.28. The van der Waals surface area contributed by atoms with Crippen LogP contribution >= 0.6 is 11.6 Å². The fraction of sp³-hybridized carbons (Fsp3) is 0.310. The number of halogens is 1. The zero-order valence-corrected chi connectivity index (χ0v) is 23.9. The Morgan fingerprint density at radius 3 is 2.26 bits per heavy atom. The lowest BCUT2D eigenvalue weighted by Crippen LogP contribution is -2.49. The van der Waals surface area contributed by atoms with Crippen molar-refractivity contribution in [2.45, 2.75) is 31.8 Å². The first-order chi connectivity index (χ1) is 18.6. The van der Waals surface area contributed by atoms with E-state index in [2.05, 4.69) is 5.32 Å². The molecular weight excluding hydrogens is 538 g/mol. The van der Waals surface area contributed by atoms with Crippen LogP contribution in [0, 0.1) is 0 Å². The molecule has 0 fully saturated rings. The molecule has 3 aromatic carbocycles. The second-order valence-corrected chi connectivity index (χ2v) is 11.5. The summed E-state index contributed by atoms with van der Waals surface area (Å²) >= 11 is 5.96. The molecule has 0 aliphatic rings. The van der Waals surface area contributed by atoms with Crippen LogP contribution < -0.4 is 14.4 Å². The van der Waals surface area contributed by atoms with Crippen molar-refractivity contribution in [2.75, 3.05) is 31.3 Å². The first-order valence-corrected chi connectivity index (χ1v) is 14.8. The minimum Gasteiger partial charge on any atom is -0.497 e. The average Bonchev–Trinajstić information content (AvgIpc) is 2.93. The third-order valence-electron chi connectivity index (χ3n) is 6.27. The van der Waals surface area contributed by atoms with Gasteiger partial charge in [-0.25, -0.2) is 8.42 Å². The van der Waals surface area contributed by atoms with Crippen LogP contribution in [0.4, 0.5) is 5.69 Å². The van der Waals surface area contributed by atoms with Crippen molar-refractivity contribution in [3.63, 3.8) is 0 Å². The highest BCUT2D eigenvalue weighted by Crippen LogP contribution is 2.22. The van der Waals surface area contributed by atoms with Crippen LogP contribution in [0.2, 0.25) is 5.02 Å². The molecule has 0 bridgehead atoms. The smallest absolute Gasteiger partial charge is 0.242 e. The van der Waals surface area contributed by atoms with E-state index in [1.54, 1.807) is 43.3 Å². The van der Waals surface area contributed by atoms with E-state index in [9.17, 15) is 18.0 Å². The van der Waals surface area contributed by atoms with Gasteiger partial charge in [0.25, 0.3) is 0 Å². The Morgan fingerprint density at radius 2 is 1.64 bits per heavy atom. The summed E-state index contributed by atoms with van der Waals surface area (Å²) in [6.07, 6.45) is 1.76. The molecule has 3 aromatic rings. The van der Waals surface area contributed by atoms with E-state index in [-0.39, 0.29) is 37.7 Å². The van der Waals surface area contributed by atoms with Crippen LogP contribution in [0.5, 0.6) is 5.75 Å². The standard InChI is InChI=1S/C29H34ClN3O5S/c1-31-29(35)27(20-22-9-5-4-6-10-22)32(21-23-11-7-12-26(19-23)38-2)28(34)13-8-18-33(39(3,36)37)25-16-14-24(30)15-17-25/h4-7,9-12,14-17,19,27H,8,13,18,20-21H2,1-3H3,(H,31,35). The van der Waals surface area contributed by atoms with Crippen molar-refractivity contribution in [1.82, 2.24) is 10.2 Å². The van der Waals surface area contributed by atoms with Crippen molar-refractivity contribution in [3.8, 4) is 5.75 Å². The van der Waals surface area contributed by atoms with Crippen LogP contribution in [0.25, 0.3) is 0 Å². The highest BCUT2D eigenvalue weighted by atomic mass is 35.5. The maximum Gasteiger partial charge on any atom is 0.242 e. The first-order valence-electron chi connectivity index (χ1n) is 12.5. The molecular formula is C29H34ClN3O5S. The van der Waals surface area contributed by atoms with E-state index in [1.807, 2.05) is 54.6 Å². The van der Waals surface area contributed by atoms with Crippen molar-refractivity contribution in [3.05, 3.63) is 95.0 Å². The Balaban J connectivity index is 1.85. The molecule has 3 rings (SSSR count). The number of carbonyl (C=O) groups excluding carboxylic acids is 2. The van der Waals surface area contributed by atoms with E-state index in [1.165, 1.54) is 4.31 Å². The van der Waals surface area contributed by atoms with Gasteiger partial charge in [0.05, 0.1) is 19.1 Å². The highest BCUT2D eigenvalue weighted by molar-refractivity contribution is 7.92. The number of nitrogens with zero attached hydrogens (tertiary/aromatic N) is 2. The number of anilines is 1.